The first-order chi connectivity index (χ1) is 9.16. The number of fused-ring (bicyclic) bond motifs is 1. The lowest BCUT2D eigenvalue weighted by Crippen LogP contribution is -2.37. The Morgan fingerprint density at radius 2 is 2.15 bits per heavy atom. The molecule has 0 spiro atoms. The van der Waals surface area contributed by atoms with Crippen molar-refractivity contribution in [2.45, 2.75) is 31.9 Å². The van der Waals surface area contributed by atoms with E-state index in [1.807, 2.05) is 19.9 Å². The van der Waals surface area contributed by atoms with Crippen LogP contribution in [-0.4, -0.2) is 32.6 Å². The van der Waals surface area contributed by atoms with Gasteiger partial charge in [-0.3, -0.25) is 0 Å². The number of benzene rings is 1. The van der Waals surface area contributed by atoms with E-state index in [-0.39, 0.29) is 24.0 Å². The van der Waals surface area contributed by atoms with Crippen molar-refractivity contribution in [3.8, 4) is 11.5 Å². The maximum Gasteiger partial charge on any atom is 0.150 e. The van der Waals surface area contributed by atoms with Crippen LogP contribution in [0.4, 0.5) is 0 Å². The highest BCUT2D eigenvalue weighted by Gasteiger charge is 2.31. The fraction of sp³-hybridized carbons (Fsp3) is 0.571. The molecule has 1 aliphatic heterocycles. The van der Waals surface area contributed by atoms with Crippen LogP contribution in [-0.2, 0) is 9.84 Å². The topological polar surface area (TPSA) is 78.6 Å². The van der Waals surface area contributed by atoms with Crippen LogP contribution in [0.15, 0.2) is 18.2 Å². The molecule has 1 heterocycles. The standard InChI is InChI=1S/C14H21NO4S/c1-14(2)9-12(15)11-5-4-10(8-13(11)19-14)18-6-7-20(3,16)17/h4-5,8,12H,6-7,9,15H2,1-3H3. The molecule has 112 valence electrons. The van der Waals surface area contributed by atoms with Crippen LogP contribution in [0.1, 0.15) is 31.9 Å². The zero-order valence-corrected chi connectivity index (χ0v) is 12.9. The third-order valence-electron chi connectivity index (χ3n) is 3.21. The number of ether oxygens (including phenoxy) is 2. The van der Waals surface area contributed by atoms with E-state index in [1.165, 1.54) is 6.26 Å². The van der Waals surface area contributed by atoms with E-state index in [2.05, 4.69) is 0 Å². The van der Waals surface area contributed by atoms with Crippen LogP contribution in [0.5, 0.6) is 11.5 Å². The van der Waals surface area contributed by atoms with Crippen molar-refractivity contribution < 1.29 is 17.9 Å². The van der Waals surface area contributed by atoms with Gasteiger partial charge < -0.3 is 15.2 Å². The normalized spacial score (nSPS) is 20.9. The Bertz CT molecular complexity index is 595. The molecule has 2 rings (SSSR count). The molecule has 1 aromatic carbocycles. The summed E-state index contributed by atoms with van der Waals surface area (Å²) in [4.78, 5) is 0. The molecule has 0 aromatic heterocycles. The van der Waals surface area contributed by atoms with Crippen LogP contribution < -0.4 is 15.2 Å². The molecule has 0 bridgehead atoms. The molecular weight excluding hydrogens is 278 g/mol. The van der Waals surface area contributed by atoms with Crippen LogP contribution in [0.25, 0.3) is 0 Å². The van der Waals surface area contributed by atoms with E-state index < -0.39 is 9.84 Å². The molecule has 1 aliphatic rings. The Hall–Kier alpha value is -1.27. The highest BCUT2D eigenvalue weighted by molar-refractivity contribution is 7.90. The van der Waals surface area contributed by atoms with Gasteiger partial charge in [0.25, 0.3) is 0 Å². The number of nitrogens with two attached hydrogens (primary N) is 1. The smallest absolute Gasteiger partial charge is 0.150 e. The van der Waals surface area contributed by atoms with Crippen molar-refractivity contribution in [2.24, 2.45) is 5.73 Å². The minimum absolute atomic E-state index is 0.00402. The summed E-state index contributed by atoms with van der Waals surface area (Å²) in [7, 11) is -3.02. The third-order valence-corrected chi connectivity index (χ3v) is 4.11. The van der Waals surface area contributed by atoms with Crippen LogP contribution in [0, 0.1) is 0 Å². The van der Waals surface area contributed by atoms with E-state index in [1.54, 1.807) is 12.1 Å². The molecule has 1 unspecified atom stereocenters. The SMILES string of the molecule is CC1(C)CC(N)c2ccc(OCCS(C)(=O)=O)cc2O1. The van der Waals surface area contributed by atoms with Crippen molar-refractivity contribution in [1.82, 2.24) is 0 Å². The first-order valence-corrected chi connectivity index (χ1v) is 8.61. The van der Waals surface area contributed by atoms with Gasteiger partial charge in [0.2, 0.25) is 0 Å². The molecule has 1 atom stereocenters. The zero-order chi connectivity index (χ0) is 15.0. The molecule has 2 N–H and O–H groups in total. The van der Waals surface area contributed by atoms with Crippen molar-refractivity contribution in [3.63, 3.8) is 0 Å². The molecule has 0 saturated heterocycles. The van der Waals surface area contributed by atoms with Gasteiger partial charge in [-0.25, -0.2) is 8.42 Å². The van der Waals surface area contributed by atoms with Gasteiger partial charge in [-0.05, 0) is 19.9 Å². The van der Waals surface area contributed by atoms with Gasteiger partial charge in [0, 0.05) is 30.3 Å². The maximum atomic E-state index is 11.1. The number of rotatable bonds is 4. The van der Waals surface area contributed by atoms with Gasteiger partial charge in [-0.1, -0.05) is 6.07 Å². The van der Waals surface area contributed by atoms with Crippen LogP contribution in [0.2, 0.25) is 0 Å². The van der Waals surface area contributed by atoms with Gasteiger partial charge in [-0.2, -0.15) is 0 Å². The average molecular weight is 299 g/mol. The van der Waals surface area contributed by atoms with E-state index >= 15 is 0 Å². The Kier molecular flexibility index (Phi) is 3.97. The Labute approximate surface area is 120 Å². The molecule has 0 fully saturated rings. The summed E-state index contributed by atoms with van der Waals surface area (Å²) in [6.07, 6.45) is 1.95. The second-order valence-electron chi connectivity index (χ2n) is 5.85. The second-order valence-corrected chi connectivity index (χ2v) is 8.11. The predicted octanol–water partition coefficient (Wildman–Crippen LogP) is 1.67. The lowest BCUT2D eigenvalue weighted by atomic mass is 9.90. The summed E-state index contributed by atoms with van der Waals surface area (Å²) in [5.74, 6) is 1.30. The van der Waals surface area contributed by atoms with Gasteiger partial charge in [0.15, 0.2) is 9.84 Å². The lowest BCUT2D eigenvalue weighted by Gasteiger charge is -2.36. The number of sulfone groups is 1. The summed E-state index contributed by atoms with van der Waals surface area (Å²) in [5, 5.41) is 0. The molecule has 6 heteroatoms. The molecule has 0 aliphatic carbocycles. The highest BCUT2D eigenvalue weighted by Crippen LogP contribution is 2.39. The largest absolute Gasteiger partial charge is 0.492 e. The minimum atomic E-state index is -3.02. The minimum Gasteiger partial charge on any atom is -0.492 e. The third kappa shape index (κ3) is 3.86. The summed E-state index contributed by atoms with van der Waals surface area (Å²) in [5.41, 5.74) is 6.78. The van der Waals surface area contributed by atoms with E-state index in [4.69, 9.17) is 15.2 Å². The van der Waals surface area contributed by atoms with E-state index in [0.717, 1.165) is 12.0 Å². The molecule has 0 radical (unpaired) electrons. The Morgan fingerprint density at radius 1 is 1.45 bits per heavy atom. The second kappa shape index (κ2) is 5.26. The molecular formula is C14H21NO4S. The molecule has 0 amide bonds. The number of hydrogen-bond donors (Lipinski definition) is 1. The summed E-state index contributed by atoms with van der Waals surface area (Å²) in [6, 6.07) is 5.39. The van der Waals surface area contributed by atoms with Crippen molar-refractivity contribution in [3.05, 3.63) is 23.8 Å². The van der Waals surface area contributed by atoms with E-state index in [0.29, 0.717) is 11.5 Å². The summed E-state index contributed by atoms with van der Waals surface area (Å²) in [6.45, 7) is 4.12. The first kappa shape index (κ1) is 15.1. The maximum absolute atomic E-state index is 11.1. The average Bonchev–Trinajstić information content (AvgIpc) is 2.24. The Balaban J connectivity index is 2.11. The summed E-state index contributed by atoms with van der Waals surface area (Å²) >= 11 is 0. The quantitative estimate of drug-likeness (QED) is 0.915. The zero-order valence-electron chi connectivity index (χ0n) is 12.0. The van der Waals surface area contributed by atoms with Crippen molar-refractivity contribution >= 4 is 9.84 Å². The van der Waals surface area contributed by atoms with Crippen molar-refractivity contribution in [1.29, 1.82) is 0 Å². The van der Waals surface area contributed by atoms with E-state index in [9.17, 15) is 8.42 Å². The Morgan fingerprint density at radius 3 is 2.80 bits per heavy atom. The molecule has 5 nitrogen and oxygen atoms in total. The molecule has 20 heavy (non-hydrogen) atoms. The van der Waals surface area contributed by atoms with Gasteiger partial charge in [0.1, 0.15) is 23.7 Å². The fourth-order valence-electron chi connectivity index (χ4n) is 2.29. The number of hydrogen-bond acceptors (Lipinski definition) is 5. The first-order valence-electron chi connectivity index (χ1n) is 6.55. The summed E-state index contributed by atoms with van der Waals surface area (Å²) < 4.78 is 33.5. The molecule has 1 aromatic rings. The van der Waals surface area contributed by atoms with Gasteiger partial charge in [-0.15, -0.1) is 0 Å². The monoisotopic (exact) mass is 299 g/mol. The van der Waals surface area contributed by atoms with Crippen molar-refractivity contribution in [2.75, 3.05) is 18.6 Å². The molecule has 0 saturated carbocycles. The fourth-order valence-corrected chi connectivity index (χ4v) is 2.68. The van der Waals surface area contributed by atoms with Crippen LogP contribution >= 0.6 is 0 Å². The highest BCUT2D eigenvalue weighted by atomic mass is 32.2. The predicted molar refractivity (Wildman–Crippen MR) is 77.9 cm³/mol. The van der Waals surface area contributed by atoms with Gasteiger partial charge >= 0.3 is 0 Å². The van der Waals surface area contributed by atoms with Gasteiger partial charge in [0.05, 0.1) is 5.75 Å². The lowest BCUT2D eigenvalue weighted by molar-refractivity contribution is 0.0725. The van der Waals surface area contributed by atoms with Crippen LogP contribution in [0.3, 0.4) is 0 Å².